The van der Waals surface area contributed by atoms with Gasteiger partial charge in [-0.2, -0.15) is 17.6 Å². The molecule has 8 nitrogen and oxygen atoms in total. The quantitative estimate of drug-likeness (QED) is 0.0478. The summed E-state index contributed by atoms with van der Waals surface area (Å²) in [5.41, 5.74) is -1.50. The van der Waals surface area contributed by atoms with Gasteiger partial charge in [0.25, 0.3) is 0 Å². The number of ether oxygens (including phenoxy) is 2. The summed E-state index contributed by atoms with van der Waals surface area (Å²) in [6.07, 6.45) is 0. The molecule has 0 amide bonds. The molecule has 0 aromatic heterocycles. The molecule has 0 bridgehead atoms. The van der Waals surface area contributed by atoms with Crippen molar-refractivity contribution < 1.29 is 75.4 Å². The Hall–Kier alpha value is -8.78. The summed E-state index contributed by atoms with van der Waals surface area (Å²) in [5.74, 6) is 0.290. The van der Waals surface area contributed by atoms with Crippen LogP contribution in [0.5, 0.6) is 11.5 Å². The molecule has 0 radical (unpaired) electrons. The predicted octanol–water partition coefficient (Wildman–Crippen LogP) is 21.7. The van der Waals surface area contributed by atoms with Crippen LogP contribution in [0, 0.1) is 0 Å². The Labute approximate surface area is 765 Å². The molecular formula is C104H106B3BrF4O8P4Pd. The Bertz CT molecular complexity index is 4470. The minimum atomic E-state index is -2.82. The Balaban J connectivity index is 0.000000153. The number of hydrogen-bond acceptors (Lipinski definition) is 8. The SMILES string of the molecule is CC1(C)OB(B2OC(C)(C)C(C)(C)O2)OC1(C)C.CC1(C)OB(c2ccc(OC(F)F)cc2)OC1(C)C.FC(F)Oc1ccc(Br)cc1.[Pd].c1ccc(P(c2ccccc2)c2ccccc2)cc1.c1ccc(P(c2ccccc2)c2ccccc2)cc1.c1ccc(P(c2ccccc2)c2ccccc2)cc1.c1ccc(P(c2ccccc2)c2ccccc2)cc1. The maximum absolute atomic E-state index is 12.1. The number of rotatable bonds is 18. The van der Waals surface area contributed by atoms with E-state index in [1.807, 2.05) is 83.1 Å². The van der Waals surface area contributed by atoms with Gasteiger partial charge in [0, 0.05) is 24.9 Å². The minimum Gasteiger partial charge on any atom is -0.435 e. The van der Waals surface area contributed by atoms with Crippen molar-refractivity contribution in [3.05, 3.63) is 417 Å². The van der Waals surface area contributed by atoms with Crippen molar-refractivity contribution in [3.8, 4) is 11.5 Å². The number of benzene rings is 14. The molecule has 3 aliphatic rings. The van der Waals surface area contributed by atoms with Crippen LogP contribution in [0.2, 0.25) is 0 Å². The zero-order valence-electron chi connectivity index (χ0n) is 72.4. The van der Waals surface area contributed by atoms with Crippen LogP contribution in [0.3, 0.4) is 0 Å². The molecule has 21 heteroatoms. The van der Waals surface area contributed by atoms with Crippen LogP contribution >= 0.6 is 47.6 Å². The van der Waals surface area contributed by atoms with E-state index in [0.717, 1.165) is 9.94 Å². The third-order valence-electron chi connectivity index (χ3n) is 21.6. The second kappa shape index (κ2) is 47.3. The molecule has 0 spiro atoms. The molecule has 3 aliphatic heterocycles. The van der Waals surface area contributed by atoms with E-state index < -0.39 is 77.2 Å². The molecule has 3 fully saturated rings. The van der Waals surface area contributed by atoms with Crippen LogP contribution in [-0.2, 0) is 48.3 Å². The van der Waals surface area contributed by atoms with Gasteiger partial charge in [-0.1, -0.05) is 392 Å². The van der Waals surface area contributed by atoms with Crippen molar-refractivity contribution >= 4 is 138 Å². The molecule has 14 aromatic carbocycles. The summed E-state index contributed by atoms with van der Waals surface area (Å²) >= 11 is 3.17. The van der Waals surface area contributed by atoms with Crippen molar-refractivity contribution in [1.29, 1.82) is 0 Å². The molecular weight excluding hydrogens is 1800 g/mol. The van der Waals surface area contributed by atoms with Gasteiger partial charge in [-0.15, -0.1) is 0 Å². The summed E-state index contributed by atoms with van der Waals surface area (Å²) in [6.45, 7) is 18.5. The standard InChI is InChI=1S/4C18H15P.C13H17BF2O3.C12H24B2O4.C7H5BrF2O.Pd/c4*1-4-10-16(11-5-1)19(17-12-6-2-7-13-17)18-14-8-3-9-15-18;1-12(2)13(3,4)19-14(18-12)9-5-7-10(8-6-9)17-11(15)16;1-9(2)10(3,4)16-13(15-9)14-17-11(5,6)12(7,8)18-14;8-5-1-3-6(4-2-5)11-7(9)10;/h4*1-15H;5-8,11H,1-4H3;1-8H3;1-4,7H;. The second-order valence-corrected chi connectivity index (χ2v) is 41.8. The summed E-state index contributed by atoms with van der Waals surface area (Å²) in [5, 5.41) is 16.8. The summed E-state index contributed by atoms with van der Waals surface area (Å²) in [4.78, 5) is 0. The molecule has 17 rings (SSSR count). The Morgan fingerprint density at radius 2 is 0.368 bits per heavy atom. The van der Waals surface area contributed by atoms with Gasteiger partial charge in [0.05, 0.1) is 33.6 Å². The van der Waals surface area contributed by atoms with Gasteiger partial charge in [0.1, 0.15) is 11.5 Å². The van der Waals surface area contributed by atoms with E-state index in [-0.39, 0.29) is 54.3 Å². The molecule has 0 aliphatic carbocycles. The van der Waals surface area contributed by atoms with Crippen LogP contribution in [0.1, 0.15) is 83.1 Å². The minimum absolute atomic E-state index is 0. The smallest absolute Gasteiger partial charge is 0.435 e. The average Bonchev–Trinajstić information content (AvgIpc) is 1.60. The first kappa shape index (κ1) is 98.4. The van der Waals surface area contributed by atoms with Gasteiger partial charge in [0.15, 0.2) is 0 Å². The van der Waals surface area contributed by atoms with Crippen molar-refractivity contribution in [3.63, 3.8) is 0 Å². The number of halogens is 5. The number of alkyl halides is 4. The van der Waals surface area contributed by atoms with Crippen molar-refractivity contribution in [1.82, 2.24) is 0 Å². The second-order valence-electron chi connectivity index (χ2n) is 32.0. The van der Waals surface area contributed by atoms with Gasteiger partial charge in [-0.25, -0.2) is 0 Å². The van der Waals surface area contributed by atoms with E-state index in [9.17, 15) is 17.6 Å². The summed E-state index contributed by atoms with van der Waals surface area (Å²) in [6, 6.07) is 142. The van der Waals surface area contributed by atoms with Gasteiger partial charge >= 0.3 is 34.4 Å². The monoisotopic (exact) mass is 1900 g/mol. The molecule has 0 saturated carbocycles. The Kier molecular flexibility index (Phi) is 37.3. The summed E-state index contributed by atoms with van der Waals surface area (Å²) < 4.78 is 92.1. The molecule has 0 atom stereocenters. The average molecular weight is 1900 g/mol. The molecule has 0 unspecified atom stereocenters. The topological polar surface area (TPSA) is 73.8 Å². The van der Waals surface area contributed by atoms with Crippen LogP contribution in [0.15, 0.2) is 417 Å². The molecule has 0 N–H and O–H groups in total. The van der Waals surface area contributed by atoms with E-state index >= 15 is 0 Å². The van der Waals surface area contributed by atoms with Crippen LogP contribution in [0.25, 0.3) is 0 Å². The molecule has 125 heavy (non-hydrogen) atoms. The Morgan fingerprint density at radius 3 is 0.520 bits per heavy atom. The predicted molar refractivity (Wildman–Crippen MR) is 522 cm³/mol. The molecule has 14 aromatic rings. The zero-order valence-corrected chi connectivity index (χ0v) is 79.1. The van der Waals surface area contributed by atoms with E-state index in [0.29, 0.717) is 0 Å². The van der Waals surface area contributed by atoms with Crippen LogP contribution in [-0.4, -0.2) is 68.0 Å². The summed E-state index contributed by atoms with van der Waals surface area (Å²) in [7, 11) is -3.23. The third kappa shape index (κ3) is 28.4. The fraction of sp³-hybridized carbons (Fsp3) is 0.192. The van der Waals surface area contributed by atoms with Crippen molar-refractivity contribution in [2.24, 2.45) is 0 Å². The van der Waals surface area contributed by atoms with Gasteiger partial charge in [0.2, 0.25) is 0 Å². The first-order valence-electron chi connectivity index (χ1n) is 41.2. The fourth-order valence-corrected chi connectivity index (χ4v) is 22.6. The Morgan fingerprint density at radius 1 is 0.224 bits per heavy atom. The van der Waals surface area contributed by atoms with E-state index in [1.54, 1.807) is 24.3 Å². The molecule has 3 heterocycles. The fourth-order valence-electron chi connectivity index (χ4n) is 13.1. The molecule has 3 saturated heterocycles. The van der Waals surface area contributed by atoms with Crippen molar-refractivity contribution in [2.75, 3.05) is 0 Å². The van der Waals surface area contributed by atoms with Gasteiger partial charge < -0.3 is 37.4 Å². The van der Waals surface area contributed by atoms with E-state index in [2.05, 4.69) is 389 Å². The molecule has 644 valence electrons. The first-order chi connectivity index (χ1) is 59.6. The van der Waals surface area contributed by atoms with E-state index in [4.69, 9.17) is 27.9 Å². The van der Waals surface area contributed by atoms with Gasteiger partial charge in [-0.3, -0.25) is 0 Å². The normalized spacial score (nSPS) is 15.1. The van der Waals surface area contributed by atoms with E-state index in [1.165, 1.54) is 87.9 Å². The first-order valence-corrected chi connectivity index (χ1v) is 47.4. The van der Waals surface area contributed by atoms with Crippen LogP contribution in [0.4, 0.5) is 17.6 Å². The number of hydrogen-bond donors (Lipinski definition) is 0. The van der Waals surface area contributed by atoms with Gasteiger partial charge in [-0.05, 0) is 220 Å². The maximum Gasteiger partial charge on any atom is 0.494 e. The largest absolute Gasteiger partial charge is 0.494 e. The van der Waals surface area contributed by atoms with Crippen LogP contribution < -0.4 is 78.6 Å². The third-order valence-corrected chi connectivity index (χ3v) is 31.9. The zero-order chi connectivity index (χ0) is 88.2. The van der Waals surface area contributed by atoms with Crippen molar-refractivity contribution in [2.45, 2.75) is 130 Å². The maximum atomic E-state index is 12.1.